The Morgan fingerprint density at radius 3 is 2.83 bits per heavy atom. The Morgan fingerprint density at radius 1 is 1.26 bits per heavy atom. The molecule has 5 heteroatoms. The van der Waals surface area contributed by atoms with E-state index < -0.39 is 9.84 Å². The Kier molecular flexibility index (Phi) is 4.78. The average Bonchev–Trinajstić information content (AvgIpc) is 2.88. The molecule has 4 nitrogen and oxygen atoms in total. The van der Waals surface area contributed by atoms with E-state index in [4.69, 9.17) is 0 Å². The third-order valence-electron chi connectivity index (χ3n) is 4.73. The molecule has 0 unspecified atom stereocenters. The van der Waals surface area contributed by atoms with Crippen molar-refractivity contribution in [3.63, 3.8) is 0 Å². The first-order valence-corrected chi connectivity index (χ1v) is 10.5. The smallest absolute Gasteiger partial charge is 0.147 e. The number of nitrogens with zero attached hydrogens (tertiary/aromatic N) is 2. The van der Waals surface area contributed by atoms with Crippen molar-refractivity contribution in [1.82, 2.24) is 9.47 Å². The van der Waals surface area contributed by atoms with Gasteiger partial charge in [0.05, 0.1) is 5.75 Å². The summed E-state index contributed by atoms with van der Waals surface area (Å²) in [4.78, 5) is 2.40. The standard InChI is InChI=1S/C18H26N2O2S/c1-3-20-10-8-17-7-6-15(11-18(17)20)12-19-9-4-5-16(13-19)14-23(2,21)22/h6-8,10-11,16H,3-5,9,12-14H2,1-2H3/t16-/m0/s1. The van der Waals surface area contributed by atoms with E-state index in [1.165, 1.54) is 22.7 Å². The third kappa shape index (κ3) is 4.15. The predicted octanol–water partition coefficient (Wildman–Crippen LogP) is 2.92. The molecule has 23 heavy (non-hydrogen) atoms. The highest BCUT2D eigenvalue weighted by atomic mass is 32.2. The number of likely N-dealkylation sites (tertiary alicyclic amines) is 1. The van der Waals surface area contributed by atoms with Crippen LogP contribution in [0.5, 0.6) is 0 Å². The molecule has 2 aromatic rings. The molecule has 3 rings (SSSR count). The number of fused-ring (bicyclic) bond motifs is 1. The van der Waals surface area contributed by atoms with E-state index in [0.717, 1.165) is 39.0 Å². The van der Waals surface area contributed by atoms with Gasteiger partial charge in [-0.1, -0.05) is 12.1 Å². The molecule has 1 aliphatic rings. The fourth-order valence-electron chi connectivity index (χ4n) is 3.72. The summed E-state index contributed by atoms with van der Waals surface area (Å²) in [6.45, 7) is 6.00. The molecule has 1 aromatic heterocycles. The molecule has 1 saturated heterocycles. The molecule has 0 aliphatic carbocycles. The lowest BCUT2D eigenvalue weighted by molar-refractivity contribution is 0.178. The van der Waals surface area contributed by atoms with E-state index in [-0.39, 0.29) is 5.92 Å². The zero-order chi connectivity index (χ0) is 16.4. The Morgan fingerprint density at radius 2 is 2.09 bits per heavy atom. The van der Waals surface area contributed by atoms with Crippen molar-refractivity contribution < 1.29 is 8.42 Å². The SMILES string of the molecule is CCn1ccc2ccc(CN3CCC[C@H](CS(C)(=O)=O)C3)cc21. The predicted molar refractivity (Wildman–Crippen MR) is 95.3 cm³/mol. The highest BCUT2D eigenvalue weighted by Gasteiger charge is 2.23. The van der Waals surface area contributed by atoms with Crippen LogP contribution in [-0.4, -0.2) is 43.0 Å². The quantitative estimate of drug-likeness (QED) is 0.844. The lowest BCUT2D eigenvalue weighted by Crippen LogP contribution is -2.37. The summed E-state index contributed by atoms with van der Waals surface area (Å²) in [5.74, 6) is 0.600. The van der Waals surface area contributed by atoms with E-state index >= 15 is 0 Å². The topological polar surface area (TPSA) is 42.3 Å². The van der Waals surface area contributed by atoms with Crippen molar-refractivity contribution in [2.75, 3.05) is 25.1 Å². The number of rotatable bonds is 5. The van der Waals surface area contributed by atoms with Crippen molar-refractivity contribution in [2.24, 2.45) is 5.92 Å². The number of hydrogen-bond acceptors (Lipinski definition) is 3. The van der Waals surface area contributed by atoms with Crippen LogP contribution >= 0.6 is 0 Å². The summed E-state index contributed by atoms with van der Waals surface area (Å²) in [6.07, 6.45) is 5.60. The van der Waals surface area contributed by atoms with E-state index in [9.17, 15) is 8.42 Å². The third-order valence-corrected chi connectivity index (χ3v) is 5.80. The summed E-state index contributed by atoms with van der Waals surface area (Å²) in [5, 5.41) is 1.28. The highest BCUT2D eigenvalue weighted by molar-refractivity contribution is 7.90. The maximum atomic E-state index is 11.5. The number of piperidine rings is 1. The van der Waals surface area contributed by atoms with Gasteiger partial charge in [-0.05, 0) is 55.3 Å². The summed E-state index contributed by atoms with van der Waals surface area (Å²) in [5.41, 5.74) is 2.60. The van der Waals surface area contributed by atoms with Crippen molar-refractivity contribution in [2.45, 2.75) is 32.9 Å². The monoisotopic (exact) mass is 334 g/mol. The number of benzene rings is 1. The van der Waals surface area contributed by atoms with Crippen molar-refractivity contribution in [1.29, 1.82) is 0 Å². The van der Waals surface area contributed by atoms with Gasteiger partial charge in [0, 0.05) is 37.6 Å². The largest absolute Gasteiger partial charge is 0.348 e. The van der Waals surface area contributed by atoms with Crippen LogP contribution < -0.4 is 0 Å². The molecule has 0 spiro atoms. The maximum Gasteiger partial charge on any atom is 0.147 e. The second-order valence-electron chi connectivity index (χ2n) is 6.83. The van der Waals surface area contributed by atoms with Gasteiger partial charge in [0.15, 0.2) is 0 Å². The minimum Gasteiger partial charge on any atom is -0.348 e. The van der Waals surface area contributed by atoms with Gasteiger partial charge < -0.3 is 4.57 Å². The van der Waals surface area contributed by atoms with E-state index in [1.54, 1.807) is 0 Å². The zero-order valence-electron chi connectivity index (χ0n) is 14.0. The number of aryl methyl sites for hydroxylation is 1. The van der Waals surface area contributed by atoms with Crippen LogP contribution in [0, 0.1) is 5.92 Å². The summed E-state index contributed by atoms with van der Waals surface area (Å²) >= 11 is 0. The normalized spacial score (nSPS) is 20.2. The molecule has 1 atom stereocenters. The van der Waals surface area contributed by atoms with Gasteiger partial charge in [-0.15, -0.1) is 0 Å². The Bertz CT molecular complexity index is 779. The maximum absolute atomic E-state index is 11.5. The Hall–Kier alpha value is -1.33. The molecule has 1 aliphatic heterocycles. The van der Waals surface area contributed by atoms with Crippen LogP contribution in [0.2, 0.25) is 0 Å². The number of sulfone groups is 1. The van der Waals surface area contributed by atoms with Gasteiger partial charge in [0.25, 0.3) is 0 Å². The molecule has 1 fully saturated rings. The molecular weight excluding hydrogens is 308 g/mol. The molecule has 0 bridgehead atoms. The van der Waals surface area contributed by atoms with Gasteiger partial charge in [-0.2, -0.15) is 0 Å². The summed E-state index contributed by atoms with van der Waals surface area (Å²) in [6, 6.07) is 8.82. The van der Waals surface area contributed by atoms with Gasteiger partial charge in [0.2, 0.25) is 0 Å². The lowest BCUT2D eigenvalue weighted by Gasteiger charge is -2.32. The van der Waals surface area contributed by atoms with E-state index in [0.29, 0.717) is 5.75 Å². The van der Waals surface area contributed by atoms with Crippen molar-refractivity contribution in [3.8, 4) is 0 Å². The number of hydrogen-bond donors (Lipinski definition) is 0. The first-order valence-electron chi connectivity index (χ1n) is 8.42. The summed E-state index contributed by atoms with van der Waals surface area (Å²) in [7, 11) is -2.88. The van der Waals surface area contributed by atoms with E-state index in [1.807, 2.05) is 0 Å². The Labute approximate surface area is 139 Å². The van der Waals surface area contributed by atoms with Crippen LogP contribution in [0.15, 0.2) is 30.5 Å². The molecule has 0 amide bonds. The molecule has 0 radical (unpaired) electrons. The molecular formula is C18H26N2O2S. The number of aromatic nitrogens is 1. The second-order valence-corrected chi connectivity index (χ2v) is 9.02. The van der Waals surface area contributed by atoms with Crippen LogP contribution in [0.3, 0.4) is 0 Å². The van der Waals surface area contributed by atoms with Crippen LogP contribution in [0.25, 0.3) is 10.9 Å². The fraction of sp³-hybridized carbons (Fsp3) is 0.556. The summed E-state index contributed by atoms with van der Waals surface area (Å²) < 4.78 is 25.3. The minimum absolute atomic E-state index is 0.280. The molecule has 0 N–H and O–H groups in total. The first kappa shape index (κ1) is 16.5. The van der Waals surface area contributed by atoms with Crippen LogP contribution in [-0.2, 0) is 22.9 Å². The van der Waals surface area contributed by atoms with Gasteiger partial charge in [-0.3, -0.25) is 4.90 Å². The van der Waals surface area contributed by atoms with Crippen LogP contribution in [0.4, 0.5) is 0 Å². The van der Waals surface area contributed by atoms with Gasteiger partial charge >= 0.3 is 0 Å². The first-order chi connectivity index (χ1) is 10.9. The van der Waals surface area contributed by atoms with Crippen molar-refractivity contribution in [3.05, 3.63) is 36.0 Å². The lowest BCUT2D eigenvalue weighted by atomic mass is 9.99. The Balaban J connectivity index is 1.71. The average molecular weight is 334 g/mol. The minimum atomic E-state index is -2.88. The highest BCUT2D eigenvalue weighted by Crippen LogP contribution is 2.22. The van der Waals surface area contributed by atoms with E-state index in [2.05, 4.69) is 46.9 Å². The molecule has 2 heterocycles. The fourth-order valence-corrected chi connectivity index (χ4v) is 4.85. The van der Waals surface area contributed by atoms with Gasteiger partial charge in [0.1, 0.15) is 9.84 Å². The van der Waals surface area contributed by atoms with Crippen LogP contribution in [0.1, 0.15) is 25.3 Å². The molecule has 126 valence electrons. The van der Waals surface area contributed by atoms with Gasteiger partial charge in [-0.25, -0.2) is 8.42 Å². The molecule has 1 aromatic carbocycles. The van der Waals surface area contributed by atoms with Crippen molar-refractivity contribution >= 4 is 20.7 Å². The molecule has 0 saturated carbocycles. The zero-order valence-corrected chi connectivity index (χ0v) is 14.8. The second kappa shape index (κ2) is 6.65.